The maximum absolute atomic E-state index is 13.3. The summed E-state index contributed by atoms with van der Waals surface area (Å²) < 4.78 is 18.3. The number of hydrogen-bond donors (Lipinski definition) is 0. The van der Waals surface area contributed by atoms with Crippen molar-refractivity contribution in [3.8, 4) is 0 Å². The molecule has 15 heavy (non-hydrogen) atoms. The standard InChI is InChI=1S/C11H13BrClFO/c1-15-7-9(12)3-2-8-6-10(13)4-5-11(8)14/h4-6,9H,2-3,7H2,1H3. The minimum absolute atomic E-state index is 0.198. The Bertz CT molecular complexity index is 319. The first kappa shape index (κ1) is 12.9. The van der Waals surface area contributed by atoms with E-state index >= 15 is 0 Å². The fourth-order valence-electron chi connectivity index (χ4n) is 1.31. The summed E-state index contributed by atoms with van der Waals surface area (Å²) in [6.45, 7) is 0.627. The molecule has 0 aliphatic rings. The summed E-state index contributed by atoms with van der Waals surface area (Å²) in [5.74, 6) is -0.198. The lowest BCUT2D eigenvalue weighted by Gasteiger charge is -2.09. The van der Waals surface area contributed by atoms with Crippen molar-refractivity contribution < 1.29 is 9.13 Å². The second kappa shape index (κ2) is 6.46. The van der Waals surface area contributed by atoms with Crippen molar-refractivity contribution in [1.82, 2.24) is 0 Å². The van der Waals surface area contributed by atoms with E-state index in [-0.39, 0.29) is 10.6 Å². The Morgan fingerprint density at radius 3 is 2.93 bits per heavy atom. The lowest BCUT2D eigenvalue weighted by molar-refractivity contribution is 0.198. The topological polar surface area (TPSA) is 9.23 Å². The van der Waals surface area contributed by atoms with Crippen molar-refractivity contribution in [2.45, 2.75) is 17.7 Å². The Balaban J connectivity index is 2.53. The number of aryl methyl sites for hydroxylation is 1. The summed E-state index contributed by atoms with van der Waals surface area (Å²) in [6, 6.07) is 4.63. The predicted octanol–water partition coefficient (Wildman–Crippen LogP) is 3.82. The summed E-state index contributed by atoms with van der Waals surface area (Å²) in [4.78, 5) is 0.251. The molecule has 1 nitrogen and oxygen atoms in total. The van der Waals surface area contributed by atoms with E-state index < -0.39 is 0 Å². The molecule has 1 unspecified atom stereocenters. The van der Waals surface area contributed by atoms with Gasteiger partial charge in [-0.05, 0) is 36.6 Å². The Hall–Kier alpha value is -0.120. The minimum Gasteiger partial charge on any atom is -0.384 e. The van der Waals surface area contributed by atoms with Crippen molar-refractivity contribution in [1.29, 1.82) is 0 Å². The molecule has 0 amide bonds. The van der Waals surface area contributed by atoms with Crippen LogP contribution in [0.5, 0.6) is 0 Å². The monoisotopic (exact) mass is 294 g/mol. The van der Waals surface area contributed by atoms with Gasteiger partial charge in [-0.2, -0.15) is 0 Å². The molecule has 84 valence electrons. The van der Waals surface area contributed by atoms with Gasteiger partial charge in [0.15, 0.2) is 0 Å². The van der Waals surface area contributed by atoms with Crippen LogP contribution in [0.2, 0.25) is 5.02 Å². The quantitative estimate of drug-likeness (QED) is 0.750. The molecule has 1 rings (SSSR count). The third-order valence-electron chi connectivity index (χ3n) is 2.08. The van der Waals surface area contributed by atoms with Crippen LogP contribution in [-0.2, 0) is 11.2 Å². The first-order valence-corrected chi connectivity index (χ1v) is 5.99. The molecule has 0 heterocycles. The van der Waals surface area contributed by atoms with E-state index in [1.807, 2.05) is 0 Å². The highest BCUT2D eigenvalue weighted by atomic mass is 79.9. The molecule has 0 fully saturated rings. The first-order valence-electron chi connectivity index (χ1n) is 4.70. The number of methoxy groups -OCH3 is 1. The molecule has 0 radical (unpaired) electrons. The van der Waals surface area contributed by atoms with Gasteiger partial charge in [0.25, 0.3) is 0 Å². The van der Waals surface area contributed by atoms with Gasteiger partial charge in [-0.15, -0.1) is 0 Å². The highest BCUT2D eigenvalue weighted by molar-refractivity contribution is 9.09. The maximum Gasteiger partial charge on any atom is 0.126 e. The van der Waals surface area contributed by atoms with E-state index in [1.54, 1.807) is 19.2 Å². The number of ether oxygens (including phenoxy) is 1. The Kier molecular flexibility index (Phi) is 5.58. The Labute approximate surface area is 103 Å². The molecule has 0 spiro atoms. The van der Waals surface area contributed by atoms with Crippen LogP contribution in [0.1, 0.15) is 12.0 Å². The van der Waals surface area contributed by atoms with E-state index in [4.69, 9.17) is 16.3 Å². The number of rotatable bonds is 5. The third kappa shape index (κ3) is 4.49. The molecule has 0 N–H and O–H groups in total. The first-order chi connectivity index (χ1) is 7.13. The molecule has 1 atom stereocenters. The number of hydrogen-bond acceptors (Lipinski definition) is 1. The normalized spacial score (nSPS) is 12.8. The smallest absolute Gasteiger partial charge is 0.126 e. The largest absolute Gasteiger partial charge is 0.384 e. The Morgan fingerprint density at radius 1 is 1.53 bits per heavy atom. The summed E-state index contributed by atoms with van der Waals surface area (Å²) in [6.07, 6.45) is 1.48. The van der Waals surface area contributed by atoms with E-state index in [1.165, 1.54) is 6.07 Å². The van der Waals surface area contributed by atoms with Crippen molar-refractivity contribution in [2.24, 2.45) is 0 Å². The maximum atomic E-state index is 13.3. The zero-order valence-corrected chi connectivity index (χ0v) is 10.8. The molecule has 1 aromatic carbocycles. The van der Waals surface area contributed by atoms with Crippen LogP contribution in [-0.4, -0.2) is 18.5 Å². The lowest BCUT2D eigenvalue weighted by atomic mass is 10.1. The van der Waals surface area contributed by atoms with Gasteiger partial charge in [-0.25, -0.2) is 4.39 Å². The van der Waals surface area contributed by atoms with Crippen molar-refractivity contribution in [2.75, 3.05) is 13.7 Å². The third-order valence-corrected chi connectivity index (χ3v) is 3.04. The van der Waals surface area contributed by atoms with Crippen molar-refractivity contribution in [3.05, 3.63) is 34.6 Å². The van der Waals surface area contributed by atoms with E-state index in [0.29, 0.717) is 23.6 Å². The highest BCUT2D eigenvalue weighted by Crippen LogP contribution is 2.18. The second-order valence-electron chi connectivity index (χ2n) is 3.33. The summed E-state index contributed by atoms with van der Waals surface area (Å²) >= 11 is 9.25. The van der Waals surface area contributed by atoms with Crippen LogP contribution in [0.25, 0.3) is 0 Å². The van der Waals surface area contributed by atoms with Crippen LogP contribution in [0, 0.1) is 5.82 Å². The molecule has 0 bridgehead atoms. The summed E-state index contributed by atoms with van der Waals surface area (Å²) in [7, 11) is 1.65. The fourth-order valence-corrected chi connectivity index (χ4v) is 2.00. The van der Waals surface area contributed by atoms with Crippen molar-refractivity contribution in [3.63, 3.8) is 0 Å². The van der Waals surface area contributed by atoms with Gasteiger partial charge < -0.3 is 4.74 Å². The van der Waals surface area contributed by atoms with E-state index in [9.17, 15) is 4.39 Å². The number of benzene rings is 1. The van der Waals surface area contributed by atoms with Crippen LogP contribution in [0.3, 0.4) is 0 Å². The van der Waals surface area contributed by atoms with Gasteiger partial charge >= 0.3 is 0 Å². The SMILES string of the molecule is COCC(Br)CCc1cc(Cl)ccc1F. The van der Waals surface area contributed by atoms with Gasteiger partial charge in [-0.3, -0.25) is 0 Å². The summed E-state index contributed by atoms with van der Waals surface area (Å²) in [5.41, 5.74) is 0.656. The molecule has 1 aromatic rings. The Morgan fingerprint density at radius 2 is 2.27 bits per heavy atom. The molecule has 0 saturated heterocycles. The molecular weight excluding hydrogens is 282 g/mol. The van der Waals surface area contributed by atoms with Crippen LogP contribution < -0.4 is 0 Å². The summed E-state index contributed by atoms with van der Waals surface area (Å²) in [5, 5.41) is 0.573. The van der Waals surface area contributed by atoms with Crippen LogP contribution in [0.4, 0.5) is 4.39 Å². The second-order valence-corrected chi connectivity index (χ2v) is 5.06. The zero-order chi connectivity index (χ0) is 11.3. The lowest BCUT2D eigenvalue weighted by Crippen LogP contribution is -2.08. The molecule has 0 saturated carbocycles. The van der Waals surface area contributed by atoms with Crippen molar-refractivity contribution >= 4 is 27.5 Å². The van der Waals surface area contributed by atoms with Crippen LogP contribution >= 0.6 is 27.5 Å². The minimum atomic E-state index is -0.198. The zero-order valence-electron chi connectivity index (χ0n) is 8.47. The highest BCUT2D eigenvalue weighted by Gasteiger charge is 2.07. The van der Waals surface area contributed by atoms with Gasteiger partial charge in [0.1, 0.15) is 5.82 Å². The van der Waals surface area contributed by atoms with Gasteiger partial charge in [0, 0.05) is 17.0 Å². The van der Waals surface area contributed by atoms with Gasteiger partial charge in [0.2, 0.25) is 0 Å². The predicted molar refractivity (Wildman–Crippen MR) is 64.3 cm³/mol. The average Bonchev–Trinajstić information content (AvgIpc) is 2.20. The number of halogens is 3. The number of alkyl halides is 1. The molecule has 4 heteroatoms. The molecule has 0 aliphatic heterocycles. The van der Waals surface area contributed by atoms with E-state index in [2.05, 4.69) is 15.9 Å². The van der Waals surface area contributed by atoms with Crippen LogP contribution in [0.15, 0.2) is 18.2 Å². The molecular formula is C11H13BrClFO. The molecule has 0 aliphatic carbocycles. The van der Waals surface area contributed by atoms with E-state index in [0.717, 1.165) is 6.42 Å². The average molecular weight is 296 g/mol. The van der Waals surface area contributed by atoms with Gasteiger partial charge in [-0.1, -0.05) is 27.5 Å². The molecule has 0 aromatic heterocycles. The fraction of sp³-hybridized carbons (Fsp3) is 0.455. The van der Waals surface area contributed by atoms with Gasteiger partial charge in [0.05, 0.1) is 6.61 Å².